The Morgan fingerprint density at radius 1 is 1.20 bits per heavy atom. The molecule has 0 heterocycles. The summed E-state index contributed by atoms with van der Waals surface area (Å²) in [5, 5.41) is 0. The van der Waals surface area contributed by atoms with Crippen molar-refractivity contribution in [2.75, 3.05) is 13.7 Å². The topological polar surface area (TPSA) is 35.5 Å². The van der Waals surface area contributed by atoms with Gasteiger partial charge in [0.1, 0.15) is 5.75 Å². The summed E-state index contributed by atoms with van der Waals surface area (Å²) >= 11 is 0. The maximum absolute atomic E-state index is 11.0. The Morgan fingerprint density at radius 2 is 1.90 bits per heavy atom. The molecule has 1 aliphatic carbocycles. The highest BCUT2D eigenvalue weighted by molar-refractivity contribution is 5.86. The minimum atomic E-state index is -0.345. The van der Waals surface area contributed by atoms with Crippen LogP contribution in [0.3, 0.4) is 0 Å². The lowest BCUT2D eigenvalue weighted by Crippen LogP contribution is -2.15. The molecule has 1 fully saturated rings. The van der Waals surface area contributed by atoms with Gasteiger partial charge in [-0.25, -0.2) is 4.79 Å². The molecule has 20 heavy (non-hydrogen) atoms. The second-order valence-corrected chi connectivity index (χ2v) is 5.24. The Kier molecular flexibility index (Phi) is 5.66. The largest absolute Gasteiger partial charge is 0.493 e. The molecule has 0 radical (unpaired) electrons. The summed E-state index contributed by atoms with van der Waals surface area (Å²) < 4.78 is 10.4. The molecule has 0 N–H and O–H groups in total. The van der Waals surface area contributed by atoms with Gasteiger partial charge in [0.2, 0.25) is 0 Å². The number of hydrogen-bond donors (Lipinski definition) is 0. The van der Waals surface area contributed by atoms with Crippen molar-refractivity contribution in [2.24, 2.45) is 5.92 Å². The summed E-state index contributed by atoms with van der Waals surface area (Å²) in [5.41, 5.74) is 0.959. The minimum Gasteiger partial charge on any atom is -0.493 e. The first kappa shape index (κ1) is 14.6. The Labute approximate surface area is 120 Å². The lowest BCUT2D eigenvalue weighted by Gasteiger charge is -2.21. The first-order valence-electron chi connectivity index (χ1n) is 7.27. The van der Waals surface area contributed by atoms with Gasteiger partial charge >= 0.3 is 5.97 Å². The molecule has 0 atom stereocenters. The third kappa shape index (κ3) is 4.72. The molecule has 0 aliphatic heterocycles. The zero-order valence-corrected chi connectivity index (χ0v) is 12.0. The Hall–Kier alpha value is -1.77. The summed E-state index contributed by atoms with van der Waals surface area (Å²) in [4.78, 5) is 11.0. The molecular weight excluding hydrogens is 252 g/mol. The van der Waals surface area contributed by atoms with E-state index in [1.165, 1.54) is 45.3 Å². The molecule has 0 aromatic heterocycles. The van der Waals surface area contributed by atoms with Gasteiger partial charge in [0.05, 0.1) is 13.7 Å². The SMILES string of the molecule is COC(=O)C=Cc1ccc(OCC2CCCCC2)cc1. The number of esters is 1. The van der Waals surface area contributed by atoms with E-state index in [1.807, 2.05) is 24.3 Å². The fraction of sp³-hybridized carbons (Fsp3) is 0.471. The van der Waals surface area contributed by atoms with Gasteiger partial charge in [-0.15, -0.1) is 0 Å². The standard InChI is InChI=1S/C17H22O3/c1-19-17(18)12-9-14-7-10-16(11-8-14)20-13-15-5-3-2-4-6-15/h7-12,15H,2-6,13H2,1H3. The van der Waals surface area contributed by atoms with E-state index in [0.717, 1.165) is 17.9 Å². The number of rotatable bonds is 5. The molecule has 108 valence electrons. The third-order valence-electron chi connectivity index (χ3n) is 3.70. The van der Waals surface area contributed by atoms with Crippen LogP contribution in [0.5, 0.6) is 5.75 Å². The molecule has 0 saturated heterocycles. The van der Waals surface area contributed by atoms with Crippen molar-refractivity contribution in [3.8, 4) is 5.75 Å². The van der Waals surface area contributed by atoms with Gasteiger partial charge < -0.3 is 9.47 Å². The second-order valence-electron chi connectivity index (χ2n) is 5.24. The lowest BCUT2D eigenvalue weighted by atomic mass is 9.90. The van der Waals surface area contributed by atoms with Crippen LogP contribution in [-0.2, 0) is 9.53 Å². The lowest BCUT2D eigenvalue weighted by molar-refractivity contribution is -0.134. The van der Waals surface area contributed by atoms with E-state index in [2.05, 4.69) is 4.74 Å². The van der Waals surface area contributed by atoms with Crippen molar-refractivity contribution in [3.63, 3.8) is 0 Å². The van der Waals surface area contributed by atoms with Crippen molar-refractivity contribution >= 4 is 12.0 Å². The molecule has 0 amide bonds. The Balaban J connectivity index is 1.81. The van der Waals surface area contributed by atoms with Crippen LogP contribution in [-0.4, -0.2) is 19.7 Å². The predicted molar refractivity (Wildman–Crippen MR) is 79.6 cm³/mol. The smallest absolute Gasteiger partial charge is 0.330 e. The molecule has 3 nitrogen and oxygen atoms in total. The van der Waals surface area contributed by atoms with Crippen LogP contribution in [0.4, 0.5) is 0 Å². The molecule has 1 saturated carbocycles. The molecule has 2 rings (SSSR count). The van der Waals surface area contributed by atoms with E-state index < -0.39 is 0 Å². The van der Waals surface area contributed by atoms with Crippen molar-refractivity contribution in [1.82, 2.24) is 0 Å². The number of carbonyl (C=O) groups excluding carboxylic acids is 1. The van der Waals surface area contributed by atoms with Crippen molar-refractivity contribution < 1.29 is 14.3 Å². The van der Waals surface area contributed by atoms with Crippen molar-refractivity contribution in [1.29, 1.82) is 0 Å². The fourth-order valence-electron chi connectivity index (χ4n) is 2.48. The van der Waals surface area contributed by atoms with Crippen LogP contribution in [0.2, 0.25) is 0 Å². The second kappa shape index (κ2) is 7.73. The zero-order chi connectivity index (χ0) is 14.2. The molecular formula is C17H22O3. The summed E-state index contributed by atoms with van der Waals surface area (Å²) in [6.07, 6.45) is 9.78. The molecule has 1 aromatic rings. The zero-order valence-electron chi connectivity index (χ0n) is 12.0. The summed E-state index contributed by atoms with van der Waals surface area (Å²) in [6.45, 7) is 0.817. The van der Waals surface area contributed by atoms with Crippen molar-refractivity contribution in [3.05, 3.63) is 35.9 Å². The van der Waals surface area contributed by atoms with Crippen LogP contribution in [0.15, 0.2) is 30.3 Å². The molecule has 3 heteroatoms. The molecule has 0 spiro atoms. The fourth-order valence-corrected chi connectivity index (χ4v) is 2.48. The summed E-state index contributed by atoms with van der Waals surface area (Å²) in [7, 11) is 1.37. The van der Waals surface area contributed by atoms with Crippen LogP contribution < -0.4 is 4.74 Å². The Morgan fingerprint density at radius 3 is 2.55 bits per heavy atom. The van der Waals surface area contributed by atoms with Crippen molar-refractivity contribution in [2.45, 2.75) is 32.1 Å². The number of ether oxygens (including phenoxy) is 2. The molecule has 0 bridgehead atoms. The highest BCUT2D eigenvalue weighted by Crippen LogP contribution is 2.24. The first-order chi connectivity index (χ1) is 9.78. The summed E-state index contributed by atoms with van der Waals surface area (Å²) in [6, 6.07) is 7.77. The summed E-state index contributed by atoms with van der Waals surface area (Å²) in [5.74, 6) is 1.26. The van der Waals surface area contributed by atoms with Gasteiger partial charge in [0.25, 0.3) is 0 Å². The number of methoxy groups -OCH3 is 1. The van der Waals surface area contributed by atoms with E-state index >= 15 is 0 Å². The normalized spacial score (nSPS) is 16.2. The minimum absolute atomic E-state index is 0.345. The maximum Gasteiger partial charge on any atom is 0.330 e. The highest BCUT2D eigenvalue weighted by Gasteiger charge is 2.13. The van der Waals surface area contributed by atoms with Gasteiger partial charge in [0, 0.05) is 6.08 Å². The van der Waals surface area contributed by atoms with E-state index in [-0.39, 0.29) is 5.97 Å². The first-order valence-corrected chi connectivity index (χ1v) is 7.27. The van der Waals surface area contributed by atoms with E-state index in [0.29, 0.717) is 5.92 Å². The quantitative estimate of drug-likeness (QED) is 0.604. The molecule has 1 aliphatic rings. The van der Waals surface area contributed by atoms with E-state index in [1.54, 1.807) is 6.08 Å². The predicted octanol–water partition coefficient (Wildman–Crippen LogP) is 3.83. The van der Waals surface area contributed by atoms with Gasteiger partial charge in [0.15, 0.2) is 0 Å². The van der Waals surface area contributed by atoms with Gasteiger partial charge in [-0.05, 0) is 42.5 Å². The van der Waals surface area contributed by atoms with Crippen LogP contribution in [0.25, 0.3) is 6.08 Å². The third-order valence-corrected chi connectivity index (χ3v) is 3.70. The number of carbonyl (C=O) groups is 1. The van der Waals surface area contributed by atoms with Crippen LogP contribution >= 0.6 is 0 Å². The van der Waals surface area contributed by atoms with E-state index in [9.17, 15) is 4.79 Å². The number of hydrogen-bond acceptors (Lipinski definition) is 3. The average molecular weight is 274 g/mol. The van der Waals surface area contributed by atoms with Crippen LogP contribution in [0, 0.1) is 5.92 Å². The Bertz CT molecular complexity index is 442. The number of benzene rings is 1. The van der Waals surface area contributed by atoms with Gasteiger partial charge in [-0.1, -0.05) is 31.4 Å². The van der Waals surface area contributed by atoms with Crippen LogP contribution in [0.1, 0.15) is 37.7 Å². The monoisotopic (exact) mass is 274 g/mol. The van der Waals surface area contributed by atoms with E-state index in [4.69, 9.17) is 4.74 Å². The van der Waals surface area contributed by atoms with Gasteiger partial charge in [-0.2, -0.15) is 0 Å². The maximum atomic E-state index is 11.0. The average Bonchev–Trinajstić information content (AvgIpc) is 2.52. The molecule has 1 aromatic carbocycles. The molecule has 0 unspecified atom stereocenters. The van der Waals surface area contributed by atoms with Gasteiger partial charge in [-0.3, -0.25) is 0 Å². The highest BCUT2D eigenvalue weighted by atomic mass is 16.5.